The van der Waals surface area contributed by atoms with Gasteiger partial charge in [0.25, 0.3) is 0 Å². The van der Waals surface area contributed by atoms with Gasteiger partial charge in [-0.1, -0.05) is 69.6 Å². The first kappa shape index (κ1) is 13.0. The van der Waals surface area contributed by atoms with E-state index >= 15 is 0 Å². The van der Waals surface area contributed by atoms with Crippen molar-refractivity contribution in [3.63, 3.8) is 0 Å². The van der Waals surface area contributed by atoms with Crippen molar-refractivity contribution in [1.82, 2.24) is 10.2 Å². The summed E-state index contributed by atoms with van der Waals surface area (Å²) in [6.07, 6.45) is 0. The average molecular weight is 317 g/mol. The van der Waals surface area contributed by atoms with Gasteiger partial charge < -0.3 is 0 Å². The molecule has 8 heteroatoms. The number of rotatable bonds is 0. The number of aromatic nitrogens is 2. The van der Waals surface area contributed by atoms with Crippen molar-refractivity contribution in [1.29, 1.82) is 0 Å². The van der Waals surface area contributed by atoms with Gasteiger partial charge >= 0.3 is 0 Å². The van der Waals surface area contributed by atoms with Gasteiger partial charge in [0.05, 0.1) is 5.69 Å². The van der Waals surface area contributed by atoms with Crippen LogP contribution < -0.4 is 0 Å². The van der Waals surface area contributed by atoms with Gasteiger partial charge in [-0.3, -0.25) is 5.10 Å². The molecule has 1 N–H and O–H groups in total. The molecule has 0 saturated heterocycles. The Labute approximate surface area is 111 Å². The van der Waals surface area contributed by atoms with E-state index in [4.69, 9.17) is 69.6 Å². The predicted molar refractivity (Wildman–Crippen MR) is 61.8 cm³/mol. The van der Waals surface area contributed by atoms with E-state index < -0.39 is 7.59 Å². The molecule has 0 amide bonds. The Hall–Kier alpha value is 0.950. The minimum Gasteiger partial charge on any atom is -0.277 e. The smallest absolute Gasteiger partial charge is 0.234 e. The summed E-state index contributed by atoms with van der Waals surface area (Å²) >= 11 is 33.9. The molecule has 0 unspecified atom stereocenters. The third-order valence-electron chi connectivity index (χ3n) is 1.56. The third-order valence-corrected chi connectivity index (χ3v) is 2.67. The lowest BCUT2D eigenvalue weighted by Crippen LogP contribution is -2.05. The summed E-state index contributed by atoms with van der Waals surface area (Å²) in [6.45, 7) is 1.65. The van der Waals surface area contributed by atoms with E-state index in [9.17, 15) is 0 Å². The van der Waals surface area contributed by atoms with Crippen LogP contribution in [0, 0.1) is 6.92 Å². The second kappa shape index (κ2) is 4.08. The Morgan fingerprint density at radius 3 is 1.71 bits per heavy atom. The lowest BCUT2D eigenvalue weighted by molar-refractivity contribution is 0.958. The molecule has 1 heterocycles. The number of hydrogen-bond acceptors (Lipinski definition) is 1. The van der Waals surface area contributed by atoms with Crippen LogP contribution in [-0.2, 0) is 7.59 Å². The Kier molecular flexibility index (Phi) is 3.79. The average Bonchev–Trinajstić information content (AvgIpc) is 2.26. The molecule has 14 heavy (non-hydrogen) atoms. The van der Waals surface area contributed by atoms with Crippen LogP contribution in [0.25, 0.3) is 0 Å². The summed E-state index contributed by atoms with van der Waals surface area (Å²) in [6, 6.07) is 0. The molecule has 0 atom stereocenters. The molecule has 1 rings (SSSR count). The first-order valence-corrected chi connectivity index (χ1v) is 5.60. The first-order valence-electron chi connectivity index (χ1n) is 3.33. The summed E-state index contributed by atoms with van der Waals surface area (Å²) in [5, 5.41) is 6.30. The van der Waals surface area contributed by atoms with Crippen LogP contribution in [0.3, 0.4) is 0 Å². The molecule has 1 aromatic heterocycles. The molecule has 1 aromatic rings. The second-order valence-electron chi connectivity index (χ2n) is 2.57. The lowest BCUT2D eigenvalue weighted by Gasteiger charge is -2.11. The molecule has 0 fully saturated rings. The minimum absolute atomic E-state index is 0.226. The number of nitrogens with zero attached hydrogens (tertiary/aromatic N) is 1. The molecule has 0 spiro atoms. The summed E-state index contributed by atoms with van der Waals surface area (Å²) in [4.78, 5) is 0. The van der Waals surface area contributed by atoms with Crippen LogP contribution in [0.1, 0.15) is 17.0 Å². The largest absolute Gasteiger partial charge is 0.277 e. The Balaban J connectivity index is 3.23. The minimum atomic E-state index is -1.63. The molecule has 0 radical (unpaired) electrons. The van der Waals surface area contributed by atoms with E-state index in [0.717, 1.165) is 0 Å². The number of H-pyrrole nitrogens is 1. The zero-order valence-corrected chi connectivity index (χ0v) is 11.3. The summed E-state index contributed by atoms with van der Waals surface area (Å²) in [5.41, 5.74) is 1.04. The van der Waals surface area contributed by atoms with Gasteiger partial charge in [0.1, 0.15) is 5.69 Å². The highest BCUT2D eigenvalue weighted by atomic mass is 35.6. The molecule has 0 saturated carbocycles. The van der Waals surface area contributed by atoms with Crippen LogP contribution in [0.4, 0.5) is 0 Å². The number of alkyl halides is 6. The third kappa shape index (κ3) is 2.75. The normalized spacial score (nSPS) is 13.4. The standard InChI is InChI=1S/C6H4Cl6N2/c1-2-3(5(7,8)9)13-14-4(2)6(10,11)12/h1H3,(H,13,14). The highest BCUT2D eigenvalue weighted by Gasteiger charge is 2.35. The van der Waals surface area contributed by atoms with Crippen molar-refractivity contribution in [3.8, 4) is 0 Å². The molecule has 0 aliphatic rings. The topological polar surface area (TPSA) is 28.7 Å². The first-order chi connectivity index (χ1) is 6.14. The zero-order valence-electron chi connectivity index (χ0n) is 6.72. The van der Waals surface area contributed by atoms with Gasteiger partial charge in [-0.25, -0.2) is 0 Å². The number of hydrogen-bond donors (Lipinski definition) is 1. The van der Waals surface area contributed by atoms with Crippen LogP contribution in [0.15, 0.2) is 0 Å². The van der Waals surface area contributed by atoms with Crippen LogP contribution in [-0.4, -0.2) is 10.2 Å². The summed E-state index contributed by atoms with van der Waals surface area (Å²) < 4.78 is -3.24. The highest BCUT2D eigenvalue weighted by molar-refractivity contribution is 6.67. The molecular formula is C6H4Cl6N2. The molecule has 0 aliphatic carbocycles. The maximum atomic E-state index is 5.66. The van der Waals surface area contributed by atoms with E-state index in [1.807, 2.05) is 0 Å². The lowest BCUT2D eigenvalue weighted by atomic mass is 10.2. The van der Waals surface area contributed by atoms with Gasteiger partial charge in [0, 0.05) is 5.56 Å². The Morgan fingerprint density at radius 1 is 1.00 bits per heavy atom. The Morgan fingerprint density at radius 2 is 1.50 bits per heavy atom. The molecule has 0 aromatic carbocycles. The van der Waals surface area contributed by atoms with Gasteiger partial charge in [-0.15, -0.1) is 0 Å². The Bertz CT molecular complexity index is 302. The van der Waals surface area contributed by atoms with Gasteiger partial charge in [0.2, 0.25) is 7.59 Å². The fraction of sp³-hybridized carbons (Fsp3) is 0.500. The molecule has 0 aliphatic heterocycles. The van der Waals surface area contributed by atoms with Crippen molar-refractivity contribution in [2.45, 2.75) is 14.5 Å². The van der Waals surface area contributed by atoms with Crippen molar-refractivity contribution < 1.29 is 0 Å². The monoisotopic (exact) mass is 314 g/mol. The zero-order chi connectivity index (χ0) is 11.1. The summed E-state index contributed by atoms with van der Waals surface area (Å²) in [5.74, 6) is 0. The highest BCUT2D eigenvalue weighted by Crippen LogP contribution is 2.44. The van der Waals surface area contributed by atoms with E-state index in [2.05, 4.69) is 10.2 Å². The molecule has 0 bridgehead atoms. The molecule has 2 nitrogen and oxygen atoms in total. The van der Waals surface area contributed by atoms with Crippen molar-refractivity contribution in [2.75, 3.05) is 0 Å². The van der Waals surface area contributed by atoms with E-state index in [1.54, 1.807) is 6.92 Å². The SMILES string of the molecule is Cc1c(C(Cl)(Cl)Cl)n[nH]c1C(Cl)(Cl)Cl. The molecular weight excluding hydrogens is 313 g/mol. The number of aromatic amines is 1. The second-order valence-corrected chi connectivity index (χ2v) is 7.13. The predicted octanol–water partition coefficient (Wildman–Crippen LogP) is 4.37. The molecule has 80 valence electrons. The van der Waals surface area contributed by atoms with Crippen LogP contribution in [0.5, 0.6) is 0 Å². The quantitative estimate of drug-likeness (QED) is 0.707. The fourth-order valence-corrected chi connectivity index (χ4v) is 2.05. The summed E-state index contributed by atoms with van der Waals surface area (Å²) in [7, 11) is 0. The van der Waals surface area contributed by atoms with E-state index in [0.29, 0.717) is 11.3 Å². The van der Waals surface area contributed by atoms with Crippen molar-refractivity contribution >= 4 is 69.6 Å². The van der Waals surface area contributed by atoms with Gasteiger partial charge in [-0.2, -0.15) is 5.10 Å². The van der Waals surface area contributed by atoms with E-state index in [-0.39, 0.29) is 5.69 Å². The van der Waals surface area contributed by atoms with Crippen molar-refractivity contribution in [2.24, 2.45) is 0 Å². The van der Waals surface area contributed by atoms with Gasteiger partial charge in [0.15, 0.2) is 0 Å². The van der Waals surface area contributed by atoms with Crippen molar-refractivity contribution in [3.05, 3.63) is 17.0 Å². The van der Waals surface area contributed by atoms with Crippen LogP contribution >= 0.6 is 69.6 Å². The van der Waals surface area contributed by atoms with Crippen LogP contribution in [0.2, 0.25) is 0 Å². The maximum Gasteiger partial charge on any atom is 0.234 e. The number of halogens is 6. The van der Waals surface area contributed by atoms with E-state index in [1.165, 1.54) is 0 Å². The fourth-order valence-electron chi connectivity index (χ4n) is 0.950. The number of nitrogens with one attached hydrogen (secondary N) is 1. The maximum absolute atomic E-state index is 5.66. The van der Waals surface area contributed by atoms with Gasteiger partial charge in [-0.05, 0) is 6.92 Å².